The number of aryl methyl sites for hydroxylation is 1. The Labute approximate surface area is 95.3 Å². The quantitative estimate of drug-likeness (QED) is 0.557. The fraction of sp³-hybridized carbons (Fsp3) is 0.333. The molecule has 0 radical (unpaired) electrons. The summed E-state index contributed by atoms with van der Waals surface area (Å²) in [7, 11) is 0. The predicted molar refractivity (Wildman–Crippen MR) is 65.4 cm³/mol. The molecule has 1 aromatic carbocycles. The van der Waals surface area contributed by atoms with Gasteiger partial charge in [0.15, 0.2) is 0 Å². The third-order valence-corrected chi connectivity index (χ3v) is 2.77. The molecule has 1 aromatic rings. The molecule has 1 aliphatic rings. The zero-order chi connectivity index (χ0) is 11.7. The first-order valence-corrected chi connectivity index (χ1v) is 5.32. The van der Waals surface area contributed by atoms with E-state index in [1.165, 1.54) is 5.56 Å². The van der Waals surface area contributed by atoms with Gasteiger partial charge < -0.3 is 5.73 Å². The normalized spacial score (nSPS) is 19.8. The van der Waals surface area contributed by atoms with Gasteiger partial charge in [-0.25, -0.2) is 5.01 Å². The van der Waals surface area contributed by atoms with Crippen LogP contribution in [0.4, 0.5) is 0 Å². The summed E-state index contributed by atoms with van der Waals surface area (Å²) in [5.41, 5.74) is 8.92. The van der Waals surface area contributed by atoms with Gasteiger partial charge in [0, 0.05) is 12.1 Å². The molecule has 16 heavy (non-hydrogen) atoms. The number of nitrogens with one attached hydrogen (secondary N) is 1. The van der Waals surface area contributed by atoms with Crippen molar-refractivity contribution in [3.05, 3.63) is 35.4 Å². The Bertz CT molecular complexity index is 433. The van der Waals surface area contributed by atoms with E-state index in [1.54, 1.807) is 5.01 Å². The summed E-state index contributed by atoms with van der Waals surface area (Å²) >= 11 is 0. The van der Waals surface area contributed by atoms with E-state index in [2.05, 4.69) is 36.3 Å². The smallest absolute Gasteiger partial charge is 0.209 e. The Morgan fingerprint density at radius 3 is 2.56 bits per heavy atom. The first kappa shape index (κ1) is 10.7. The Balaban J connectivity index is 2.28. The maximum absolute atomic E-state index is 7.50. The van der Waals surface area contributed by atoms with Crippen molar-refractivity contribution in [2.75, 3.05) is 0 Å². The largest absolute Gasteiger partial charge is 0.369 e. The van der Waals surface area contributed by atoms with E-state index in [1.807, 2.05) is 6.92 Å². The number of hydrogen-bond acceptors (Lipinski definition) is 2. The highest BCUT2D eigenvalue weighted by molar-refractivity contribution is 5.88. The van der Waals surface area contributed by atoms with Crippen molar-refractivity contribution in [3.63, 3.8) is 0 Å². The molecule has 84 valence electrons. The van der Waals surface area contributed by atoms with Gasteiger partial charge in [-0.1, -0.05) is 29.8 Å². The first-order chi connectivity index (χ1) is 7.58. The Hall–Kier alpha value is -1.84. The minimum absolute atomic E-state index is 0.00225. The molecule has 0 saturated heterocycles. The van der Waals surface area contributed by atoms with Crippen molar-refractivity contribution < 1.29 is 0 Å². The van der Waals surface area contributed by atoms with Gasteiger partial charge >= 0.3 is 0 Å². The number of hydrogen-bond donors (Lipinski definition) is 2. The maximum Gasteiger partial charge on any atom is 0.209 e. The molecular weight excluding hydrogens is 200 g/mol. The van der Waals surface area contributed by atoms with Crippen LogP contribution in [0.25, 0.3) is 0 Å². The van der Waals surface area contributed by atoms with Crippen molar-refractivity contribution in [2.24, 2.45) is 10.8 Å². The Morgan fingerprint density at radius 2 is 2.00 bits per heavy atom. The molecule has 4 heteroatoms. The summed E-state index contributed by atoms with van der Waals surface area (Å²) in [6.07, 6.45) is 0.836. The highest BCUT2D eigenvalue weighted by Crippen LogP contribution is 2.29. The SMILES string of the molecule is CC1=NN(C(=N)N)C(c2ccc(C)cc2)C1. The van der Waals surface area contributed by atoms with Gasteiger partial charge in [0.1, 0.15) is 0 Å². The highest BCUT2D eigenvalue weighted by Gasteiger charge is 2.27. The third kappa shape index (κ3) is 1.91. The van der Waals surface area contributed by atoms with Crippen molar-refractivity contribution in [1.82, 2.24) is 5.01 Å². The third-order valence-electron chi connectivity index (χ3n) is 2.77. The Kier molecular flexibility index (Phi) is 2.64. The average Bonchev–Trinajstić information content (AvgIpc) is 2.61. The predicted octanol–water partition coefficient (Wildman–Crippen LogP) is 2.01. The zero-order valence-electron chi connectivity index (χ0n) is 9.57. The molecule has 0 spiro atoms. The van der Waals surface area contributed by atoms with Crippen molar-refractivity contribution in [2.45, 2.75) is 26.3 Å². The first-order valence-electron chi connectivity index (χ1n) is 5.32. The van der Waals surface area contributed by atoms with E-state index >= 15 is 0 Å². The van der Waals surface area contributed by atoms with Gasteiger partial charge in [-0.05, 0) is 19.4 Å². The lowest BCUT2D eigenvalue weighted by Gasteiger charge is -2.21. The van der Waals surface area contributed by atoms with Crippen LogP contribution in [-0.4, -0.2) is 16.7 Å². The maximum atomic E-state index is 7.50. The summed E-state index contributed by atoms with van der Waals surface area (Å²) < 4.78 is 0. The van der Waals surface area contributed by atoms with Crippen LogP contribution >= 0.6 is 0 Å². The van der Waals surface area contributed by atoms with Crippen molar-refractivity contribution in [3.8, 4) is 0 Å². The van der Waals surface area contributed by atoms with Crippen LogP contribution in [0.5, 0.6) is 0 Å². The molecule has 1 heterocycles. The van der Waals surface area contributed by atoms with Crippen molar-refractivity contribution in [1.29, 1.82) is 5.41 Å². The van der Waals surface area contributed by atoms with Gasteiger partial charge in [-0.3, -0.25) is 5.41 Å². The number of rotatable bonds is 1. The lowest BCUT2D eigenvalue weighted by molar-refractivity contribution is 0.363. The van der Waals surface area contributed by atoms with E-state index in [0.29, 0.717) is 0 Å². The summed E-state index contributed by atoms with van der Waals surface area (Å²) in [5, 5.41) is 13.4. The molecular formula is C12H16N4. The minimum atomic E-state index is 0.00225. The van der Waals surface area contributed by atoms with E-state index in [-0.39, 0.29) is 12.0 Å². The number of nitrogens with zero attached hydrogens (tertiary/aromatic N) is 2. The second kappa shape index (κ2) is 3.96. The van der Waals surface area contributed by atoms with Crippen LogP contribution in [-0.2, 0) is 0 Å². The monoisotopic (exact) mass is 216 g/mol. The molecule has 1 aliphatic heterocycles. The zero-order valence-corrected chi connectivity index (χ0v) is 9.57. The minimum Gasteiger partial charge on any atom is -0.369 e. The summed E-state index contributed by atoms with van der Waals surface area (Å²) in [5.74, 6) is 0.00225. The fourth-order valence-electron chi connectivity index (χ4n) is 1.93. The summed E-state index contributed by atoms with van der Waals surface area (Å²) in [6.45, 7) is 4.02. The standard InChI is InChI=1S/C12H16N4/c1-8-3-5-10(6-4-8)11-7-9(2)15-16(11)12(13)14/h3-6,11H,7H2,1-2H3,(H3,13,14). The van der Waals surface area contributed by atoms with E-state index in [9.17, 15) is 0 Å². The number of nitrogens with two attached hydrogens (primary N) is 1. The molecule has 1 atom stereocenters. The molecule has 0 aromatic heterocycles. The molecule has 2 rings (SSSR count). The van der Waals surface area contributed by atoms with Crippen LogP contribution in [0.3, 0.4) is 0 Å². The number of hydrazone groups is 1. The lowest BCUT2D eigenvalue weighted by Crippen LogP contribution is -2.32. The second-order valence-electron chi connectivity index (χ2n) is 4.20. The van der Waals surface area contributed by atoms with Crippen LogP contribution in [0.1, 0.15) is 30.5 Å². The van der Waals surface area contributed by atoms with Crippen molar-refractivity contribution >= 4 is 11.7 Å². The molecule has 0 fully saturated rings. The van der Waals surface area contributed by atoms with Crippen LogP contribution in [0.2, 0.25) is 0 Å². The van der Waals surface area contributed by atoms with Gasteiger partial charge in [0.25, 0.3) is 0 Å². The van der Waals surface area contributed by atoms with Crippen LogP contribution in [0, 0.1) is 12.3 Å². The molecule has 0 bridgehead atoms. The molecule has 4 nitrogen and oxygen atoms in total. The van der Waals surface area contributed by atoms with Gasteiger partial charge in [0.2, 0.25) is 5.96 Å². The average molecular weight is 216 g/mol. The molecule has 1 unspecified atom stereocenters. The number of guanidine groups is 1. The van der Waals surface area contributed by atoms with Gasteiger partial charge in [0.05, 0.1) is 6.04 Å². The van der Waals surface area contributed by atoms with E-state index in [4.69, 9.17) is 11.1 Å². The van der Waals surface area contributed by atoms with Crippen LogP contribution < -0.4 is 5.73 Å². The molecule has 0 amide bonds. The van der Waals surface area contributed by atoms with E-state index in [0.717, 1.165) is 17.7 Å². The molecule has 0 aliphatic carbocycles. The summed E-state index contributed by atoms with van der Waals surface area (Å²) in [6, 6.07) is 8.37. The fourth-order valence-corrected chi connectivity index (χ4v) is 1.93. The molecule has 0 saturated carbocycles. The van der Waals surface area contributed by atoms with Gasteiger partial charge in [-0.15, -0.1) is 0 Å². The van der Waals surface area contributed by atoms with Gasteiger partial charge in [-0.2, -0.15) is 5.10 Å². The summed E-state index contributed by atoms with van der Waals surface area (Å²) in [4.78, 5) is 0. The topological polar surface area (TPSA) is 65.5 Å². The lowest BCUT2D eigenvalue weighted by atomic mass is 10.0. The highest BCUT2D eigenvalue weighted by atomic mass is 15.5. The van der Waals surface area contributed by atoms with Crippen LogP contribution in [0.15, 0.2) is 29.4 Å². The van der Waals surface area contributed by atoms with E-state index < -0.39 is 0 Å². The molecule has 3 N–H and O–H groups in total. The second-order valence-corrected chi connectivity index (χ2v) is 4.20. The number of benzene rings is 1. The Morgan fingerprint density at radius 1 is 1.38 bits per heavy atom.